The summed E-state index contributed by atoms with van der Waals surface area (Å²) in [5.41, 5.74) is 4.74. The van der Waals surface area contributed by atoms with Crippen molar-refractivity contribution in [3.8, 4) is 6.07 Å². The van der Waals surface area contributed by atoms with E-state index in [1.165, 1.54) is 6.07 Å². The number of hydrogen-bond acceptors (Lipinski definition) is 5. The Hall–Kier alpha value is -1.55. The molecule has 0 unspecified atom stereocenters. The van der Waals surface area contributed by atoms with Gasteiger partial charge in [0.05, 0.1) is 22.8 Å². The molecule has 1 aromatic rings. The molecule has 0 radical (unpaired) electrons. The van der Waals surface area contributed by atoms with Crippen LogP contribution in [0.1, 0.15) is 33.3 Å². The molecule has 0 heterocycles. The topological polar surface area (TPSA) is 99.5 Å². The normalized spacial score (nSPS) is 12.1. The molecule has 0 aliphatic carbocycles. The lowest BCUT2D eigenvalue weighted by molar-refractivity contribution is -0.0982. The van der Waals surface area contributed by atoms with Gasteiger partial charge in [0.1, 0.15) is 0 Å². The second-order valence-electron chi connectivity index (χ2n) is 5.50. The highest BCUT2D eigenvalue weighted by Crippen LogP contribution is 2.25. The van der Waals surface area contributed by atoms with Crippen LogP contribution in [0.3, 0.4) is 0 Å². The lowest BCUT2D eigenvalue weighted by atomic mass is 9.75. The third-order valence-corrected chi connectivity index (χ3v) is 3.36. The zero-order valence-corrected chi connectivity index (χ0v) is 11.6. The molecule has 5 nitrogen and oxygen atoms in total. The number of aliphatic hydroxyl groups is 1. The predicted molar refractivity (Wildman–Crippen MR) is 74.6 cm³/mol. The van der Waals surface area contributed by atoms with Gasteiger partial charge in [0.2, 0.25) is 0 Å². The van der Waals surface area contributed by atoms with Gasteiger partial charge in [-0.05, 0) is 39.8 Å². The van der Waals surface area contributed by atoms with E-state index in [0.717, 1.165) is 0 Å². The fraction of sp³-hybridized carbons (Fsp3) is 0.462. The number of anilines is 1. The van der Waals surface area contributed by atoms with Crippen molar-refractivity contribution < 1.29 is 14.8 Å². The second kappa shape index (κ2) is 5.21. The standard InChI is InChI=1S/C13H19BN2O3/c1-12(2,17)13(3,4)19-14(18)10-6-5-9(8-15)7-11(10)16/h5-7,17-18H,16H2,1-4H3. The summed E-state index contributed by atoms with van der Waals surface area (Å²) in [5.74, 6) is 0. The number of nitriles is 1. The molecule has 0 fully saturated rings. The third-order valence-electron chi connectivity index (χ3n) is 3.36. The molecule has 0 atom stereocenters. The Morgan fingerprint density at radius 1 is 1.32 bits per heavy atom. The Labute approximate surface area is 113 Å². The van der Waals surface area contributed by atoms with Crippen LogP contribution in [0, 0.1) is 11.3 Å². The second-order valence-corrected chi connectivity index (χ2v) is 5.50. The zero-order valence-electron chi connectivity index (χ0n) is 11.6. The van der Waals surface area contributed by atoms with Crippen LogP contribution < -0.4 is 11.2 Å². The number of hydrogen-bond donors (Lipinski definition) is 3. The summed E-state index contributed by atoms with van der Waals surface area (Å²) in [6.07, 6.45) is 0. The minimum absolute atomic E-state index is 0.276. The van der Waals surface area contributed by atoms with E-state index in [2.05, 4.69) is 0 Å². The minimum atomic E-state index is -1.27. The Balaban J connectivity index is 2.97. The highest BCUT2D eigenvalue weighted by molar-refractivity contribution is 6.61. The maximum absolute atomic E-state index is 10.1. The van der Waals surface area contributed by atoms with Crippen LogP contribution in [-0.4, -0.2) is 28.5 Å². The minimum Gasteiger partial charge on any atom is -0.423 e. The first-order valence-corrected chi connectivity index (χ1v) is 5.96. The van der Waals surface area contributed by atoms with Gasteiger partial charge in [0, 0.05) is 11.2 Å². The molecule has 4 N–H and O–H groups in total. The number of nitrogens with zero attached hydrogens (tertiary/aromatic N) is 1. The SMILES string of the molecule is CC(C)(O)C(C)(C)OB(O)c1ccc(C#N)cc1N. The number of nitrogens with two attached hydrogens (primary N) is 1. The smallest absolute Gasteiger partial charge is 0.423 e. The molecule has 0 saturated carbocycles. The third kappa shape index (κ3) is 3.47. The summed E-state index contributed by atoms with van der Waals surface area (Å²) in [4.78, 5) is 0. The summed E-state index contributed by atoms with van der Waals surface area (Å²) < 4.78 is 5.49. The van der Waals surface area contributed by atoms with Gasteiger partial charge in [0.15, 0.2) is 0 Å². The fourth-order valence-electron chi connectivity index (χ4n) is 1.36. The fourth-order valence-corrected chi connectivity index (χ4v) is 1.36. The van der Waals surface area contributed by atoms with Crippen LogP contribution in [0.25, 0.3) is 0 Å². The summed E-state index contributed by atoms with van der Waals surface area (Å²) >= 11 is 0. The van der Waals surface area contributed by atoms with Crippen LogP contribution >= 0.6 is 0 Å². The van der Waals surface area contributed by atoms with Crippen molar-refractivity contribution in [2.75, 3.05) is 5.73 Å². The predicted octanol–water partition coefficient (Wildman–Crippen LogP) is 0.394. The monoisotopic (exact) mass is 262 g/mol. The van der Waals surface area contributed by atoms with Crippen molar-refractivity contribution >= 4 is 18.3 Å². The van der Waals surface area contributed by atoms with E-state index in [4.69, 9.17) is 15.6 Å². The number of rotatable bonds is 4. The Morgan fingerprint density at radius 2 is 1.89 bits per heavy atom. The van der Waals surface area contributed by atoms with Crippen LogP contribution in [0.2, 0.25) is 0 Å². The maximum Gasteiger partial charge on any atom is 0.493 e. The molecule has 19 heavy (non-hydrogen) atoms. The lowest BCUT2D eigenvalue weighted by Crippen LogP contribution is -2.53. The Bertz CT molecular complexity index is 504. The van der Waals surface area contributed by atoms with E-state index >= 15 is 0 Å². The van der Waals surface area contributed by atoms with Crippen LogP contribution in [0.5, 0.6) is 0 Å². The van der Waals surface area contributed by atoms with Crippen LogP contribution in [-0.2, 0) is 4.65 Å². The highest BCUT2D eigenvalue weighted by Gasteiger charge is 2.39. The highest BCUT2D eigenvalue weighted by atomic mass is 16.5. The summed E-state index contributed by atoms with van der Waals surface area (Å²) in [6.45, 7) is 6.55. The summed E-state index contributed by atoms with van der Waals surface area (Å²) in [5, 5.41) is 28.8. The van der Waals surface area contributed by atoms with Crippen LogP contribution in [0.4, 0.5) is 5.69 Å². The maximum atomic E-state index is 10.1. The average Bonchev–Trinajstić information content (AvgIpc) is 2.26. The van der Waals surface area contributed by atoms with Gasteiger partial charge < -0.3 is 20.5 Å². The molecule has 0 aliphatic heterocycles. The molecule has 1 aromatic carbocycles. The first-order chi connectivity index (χ1) is 8.58. The summed E-state index contributed by atoms with van der Waals surface area (Å²) in [7, 11) is -1.27. The molecule has 0 amide bonds. The van der Waals surface area contributed by atoms with Crippen LogP contribution in [0.15, 0.2) is 18.2 Å². The molecular formula is C13H19BN2O3. The Morgan fingerprint density at radius 3 is 2.32 bits per heavy atom. The van der Waals surface area contributed by atoms with Gasteiger partial charge in [-0.3, -0.25) is 0 Å². The molecule has 6 heteroatoms. The van der Waals surface area contributed by atoms with Gasteiger partial charge in [-0.25, -0.2) is 0 Å². The number of nitrogen functional groups attached to an aromatic ring is 1. The van der Waals surface area contributed by atoms with E-state index in [0.29, 0.717) is 11.0 Å². The van der Waals surface area contributed by atoms with Crippen molar-refractivity contribution in [2.24, 2.45) is 0 Å². The molecule has 0 aromatic heterocycles. The molecule has 0 spiro atoms. The molecule has 0 saturated heterocycles. The van der Waals surface area contributed by atoms with E-state index < -0.39 is 18.3 Å². The van der Waals surface area contributed by atoms with E-state index in [9.17, 15) is 10.1 Å². The molecule has 1 rings (SSSR count). The van der Waals surface area contributed by atoms with Gasteiger partial charge in [-0.2, -0.15) is 5.26 Å². The average molecular weight is 262 g/mol. The Kier molecular flexibility index (Phi) is 4.26. The van der Waals surface area contributed by atoms with Gasteiger partial charge in [0.25, 0.3) is 0 Å². The first-order valence-electron chi connectivity index (χ1n) is 5.96. The van der Waals surface area contributed by atoms with Crippen molar-refractivity contribution in [3.05, 3.63) is 23.8 Å². The largest absolute Gasteiger partial charge is 0.493 e. The van der Waals surface area contributed by atoms with Crippen molar-refractivity contribution in [1.29, 1.82) is 5.26 Å². The molecular weight excluding hydrogens is 243 g/mol. The number of benzene rings is 1. The first kappa shape index (κ1) is 15.5. The quantitative estimate of drug-likeness (QED) is 0.538. The summed E-state index contributed by atoms with van der Waals surface area (Å²) in [6, 6.07) is 6.53. The van der Waals surface area contributed by atoms with Gasteiger partial charge in [-0.15, -0.1) is 0 Å². The molecule has 0 aliphatic rings. The van der Waals surface area contributed by atoms with Crippen molar-refractivity contribution in [3.63, 3.8) is 0 Å². The van der Waals surface area contributed by atoms with E-state index in [1.807, 2.05) is 6.07 Å². The molecule has 102 valence electrons. The van der Waals surface area contributed by atoms with Gasteiger partial charge in [-0.1, -0.05) is 6.07 Å². The lowest BCUT2D eigenvalue weighted by Gasteiger charge is -2.38. The van der Waals surface area contributed by atoms with Crippen molar-refractivity contribution in [2.45, 2.75) is 38.9 Å². The van der Waals surface area contributed by atoms with Gasteiger partial charge >= 0.3 is 7.12 Å². The molecule has 0 bridgehead atoms. The van der Waals surface area contributed by atoms with E-state index in [1.54, 1.807) is 39.8 Å². The van der Waals surface area contributed by atoms with E-state index in [-0.39, 0.29) is 5.69 Å². The van der Waals surface area contributed by atoms with Crippen molar-refractivity contribution in [1.82, 2.24) is 0 Å². The zero-order chi connectivity index (χ0) is 14.8.